The summed E-state index contributed by atoms with van der Waals surface area (Å²) >= 11 is 0. The molecule has 0 radical (unpaired) electrons. The number of rotatable bonds is 5. The van der Waals surface area contributed by atoms with Gasteiger partial charge in [0, 0.05) is 19.4 Å². The quantitative estimate of drug-likeness (QED) is 0.878. The number of carbonyl (C=O) groups is 1. The molecule has 2 amide bonds. The lowest BCUT2D eigenvalue weighted by atomic mass is 9.96. The molecule has 1 unspecified atom stereocenters. The Morgan fingerprint density at radius 3 is 2.84 bits per heavy atom. The molecule has 0 spiro atoms. The summed E-state index contributed by atoms with van der Waals surface area (Å²) in [5, 5.41) is 6.20. The third-order valence-corrected chi connectivity index (χ3v) is 5.18. The molecule has 2 saturated heterocycles. The summed E-state index contributed by atoms with van der Waals surface area (Å²) < 4.78 is 7.77. The van der Waals surface area contributed by atoms with E-state index in [1.54, 1.807) is 6.20 Å². The summed E-state index contributed by atoms with van der Waals surface area (Å²) in [5.74, 6) is 0.850. The van der Waals surface area contributed by atoms with Gasteiger partial charge in [-0.1, -0.05) is 30.3 Å². The average Bonchev–Trinajstić information content (AvgIpc) is 3.32. The van der Waals surface area contributed by atoms with Crippen molar-refractivity contribution in [1.29, 1.82) is 0 Å². The summed E-state index contributed by atoms with van der Waals surface area (Å²) in [7, 11) is 1.95. The number of nitrogens with one attached hydrogen (secondary N) is 2. The molecule has 1 aromatic heterocycles. The van der Waals surface area contributed by atoms with Gasteiger partial charge in [-0.05, 0) is 31.2 Å². The summed E-state index contributed by atoms with van der Waals surface area (Å²) in [4.78, 5) is 17.0. The van der Waals surface area contributed by atoms with Gasteiger partial charge in [-0.15, -0.1) is 0 Å². The van der Waals surface area contributed by atoms with Crippen LogP contribution in [0, 0.1) is 0 Å². The van der Waals surface area contributed by atoms with Crippen molar-refractivity contribution >= 4 is 6.03 Å². The minimum absolute atomic E-state index is 0.123. The van der Waals surface area contributed by atoms with Crippen LogP contribution < -0.4 is 10.6 Å². The van der Waals surface area contributed by atoms with Gasteiger partial charge in [0.15, 0.2) is 0 Å². The van der Waals surface area contributed by atoms with Crippen molar-refractivity contribution in [3.8, 4) is 0 Å². The Bertz CT molecular complexity index is 730. The van der Waals surface area contributed by atoms with Crippen molar-refractivity contribution in [1.82, 2.24) is 20.2 Å². The second kappa shape index (κ2) is 6.88. The maximum atomic E-state index is 12.6. The highest BCUT2D eigenvalue weighted by Gasteiger charge is 2.41. The lowest BCUT2D eigenvalue weighted by molar-refractivity contribution is 0.0980. The van der Waals surface area contributed by atoms with Crippen LogP contribution in [-0.4, -0.2) is 33.8 Å². The lowest BCUT2D eigenvalue weighted by Gasteiger charge is -2.23. The van der Waals surface area contributed by atoms with Crippen molar-refractivity contribution in [2.45, 2.75) is 50.0 Å². The highest BCUT2D eigenvalue weighted by Crippen LogP contribution is 2.34. The third-order valence-electron chi connectivity index (χ3n) is 5.18. The summed E-state index contributed by atoms with van der Waals surface area (Å²) in [6.45, 7) is 0. The molecule has 2 aliphatic heterocycles. The molecule has 2 aromatic rings. The Morgan fingerprint density at radius 1 is 1.36 bits per heavy atom. The SMILES string of the molecule is Cn1ccnc1C(Cc1ccccc1)NC(=O)N[C@@H]1C[C@@H]2CC[C@H]1O2. The minimum Gasteiger partial charge on any atom is -0.373 e. The maximum absolute atomic E-state index is 12.6. The summed E-state index contributed by atoms with van der Waals surface area (Å²) in [6, 6.07) is 9.95. The van der Waals surface area contributed by atoms with Crippen LogP contribution in [0.3, 0.4) is 0 Å². The second-order valence-corrected chi connectivity index (χ2v) is 6.97. The van der Waals surface area contributed by atoms with Crippen LogP contribution in [0.1, 0.15) is 36.7 Å². The van der Waals surface area contributed by atoms with Crippen LogP contribution in [0.2, 0.25) is 0 Å². The molecule has 132 valence electrons. The Balaban J connectivity index is 1.44. The van der Waals surface area contributed by atoms with E-state index in [0.29, 0.717) is 12.5 Å². The molecule has 6 nitrogen and oxygen atoms in total. The van der Waals surface area contributed by atoms with E-state index in [2.05, 4.69) is 27.8 Å². The normalized spacial score (nSPS) is 25.7. The van der Waals surface area contributed by atoms with E-state index in [9.17, 15) is 4.79 Å². The number of hydrogen-bond donors (Lipinski definition) is 2. The number of benzene rings is 1. The first kappa shape index (κ1) is 16.1. The predicted octanol–water partition coefficient (Wildman–Crippen LogP) is 2.32. The molecule has 0 saturated carbocycles. The molecule has 0 aliphatic carbocycles. The molecule has 4 atom stereocenters. The molecule has 25 heavy (non-hydrogen) atoms. The van der Waals surface area contributed by atoms with Crippen molar-refractivity contribution in [2.24, 2.45) is 7.05 Å². The summed E-state index contributed by atoms with van der Waals surface area (Å²) in [6.07, 6.45) is 7.95. The summed E-state index contributed by atoms with van der Waals surface area (Å²) in [5.41, 5.74) is 1.17. The molecule has 3 heterocycles. The van der Waals surface area contributed by atoms with Gasteiger partial charge >= 0.3 is 6.03 Å². The predicted molar refractivity (Wildman–Crippen MR) is 94.1 cm³/mol. The molecule has 4 rings (SSSR count). The van der Waals surface area contributed by atoms with E-state index >= 15 is 0 Å². The number of aryl methyl sites for hydroxylation is 1. The van der Waals surface area contributed by atoms with E-state index in [1.807, 2.05) is 36.0 Å². The van der Waals surface area contributed by atoms with Crippen molar-refractivity contribution < 1.29 is 9.53 Å². The number of urea groups is 1. The molecule has 2 bridgehead atoms. The molecule has 2 N–H and O–H groups in total. The highest BCUT2D eigenvalue weighted by molar-refractivity contribution is 5.74. The van der Waals surface area contributed by atoms with E-state index in [0.717, 1.165) is 25.1 Å². The van der Waals surface area contributed by atoms with Gasteiger partial charge in [-0.25, -0.2) is 9.78 Å². The topological polar surface area (TPSA) is 68.2 Å². The van der Waals surface area contributed by atoms with Gasteiger partial charge in [0.2, 0.25) is 0 Å². The van der Waals surface area contributed by atoms with Crippen LogP contribution in [0.5, 0.6) is 0 Å². The third kappa shape index (κ3) is 3.54. The van der Waals surface area contributed by atoms with Gasteiger partial charge in [-0.3, -0.25) is 0 Å². The van der Waals surface area contributed by atoms with Gasteiger partial charge in [0.25, 0.3) is 0 Å². The number of hydrogen-bond acceptors (Lipinski definition) is 3. The van der Waals surface area contributed by atoms with Crippen LogP contribution in [0.15, 0.2) is 42.7 Å². The van der Waals surface area contributed by atoms with Gasteiger partial charge in [0.05, 0.1) is 24.3 Å². The number of ether oxygens (including phenoxy) is 1. The number of amides is 2. The smallest absolute Gasteiger partial charge is 0.315 e. The van der Waals surface area contributed by atoms with E-state index in [-0.39, 0.29) is 24.2 Å². The van der Waals surface area contributed by atoms with Crippen molar-refractivity contribution in [3.63, 3.8) is 0 Å². The van der Waals surface area contributed by atoms with Gasteiger partial charge < -0.3 is 19.9 Å². The first-order valence-electron chi connectivity index (χ1n) is 8.92. The largest absolute Gasteiger partial charge is 0.373 e. The number of carbonyl (C=O) groups excluding carboxylic acids is 1. The Kier molecular flexibility index (Phi) is 4.44. The fourth-order valence-electron chi connectivity index (χ4n) is 3.93. The monoisotopic (exact) mass is 340 g/mol. The number of imidazole rings is 1. The fraction of sp³-hybridized carbons (Fsp3) is 0.474. The number of aromatic nitrogens is 2. The fourth-order valence-corrected chi connectivity index (χ4v) is 3.93. The molecule has 1 aromatic carbocycles. The Labute approximate surface area is 147 Å². The second-order valence-electron chi connectivity index (χ2n) is 6.97. The zero-order chi connectivity index (χ0) is 17.2. The number of nitrogens with zero attached hydrogens (tertiary/aromatic N) is 2. The Hall–Kier alpha value is -2.34. The average molecular weight is 340 g/mol. The van der Waals surface area contributed by atoms with E-state index in [4.69, 9.17) is 4.74 Å². The van der Waals surface area contributed by atoms with Gasteiger partial charge in [0.1, 0.15) is 5.82 Å². The van der Waals surface area contributed by atoms with Crippen LogP contribution in [-0.2, 0) is 18.2 Å². The molecular weight excluding hydrogens is 316 g/mol. The van der Waals surface area contributed by atoms with Crippen molar-refractivity contribution in [2.75, 3.05) is 0 Å². The van der Waals surface area contributed by atoms with Gasteiger partial charge in [-0.2, -0.15) is 0 Å². The Morgan fingerprint density at radius 2 is 2.20 bits per heavy atom. The lowest BCUT2D eigenvalue weighted by Crippen LogP contribution is -2.47. The standard InChI is InChI=1S/C19H24N4O2/c1-23-10-9-20-18(23)16(11-13-5-3-2-4-6-13)22-19(24)21-15-12-14-7-8-17(15)25-14/h2-6,9-10,14-17H,7-8,11-12H2,1H3,(H2,21,22,24)/t14-,15+,16?,17+/m0/s1. The highest BCUT2D eigenvalue weighted by atomic mass is 16.5. The van der Waals surface area contributed by atoms with E-state index in [1.165, 1.54) is 5.56 Å². The minimum atomic E-state index is -0.179. The van der Waals surface area contributed by atoms with Crippen LogP contribution in [0.4, 0.5) is 4.79 Å². The maximum Gasteiger partial charge on any atom is 0.315 e. The zero-order valence-corrected chi connectivity index (χ0v) is 14.4. The molecule has 2 aliphatic rings. The molecule has 2 fully saturated rings. The first-order chi connectivity index (χ1) is 12.2. The first-order valence-corrected chi connectivity index (χ1v) is 8.92. The zero-order valence-electron chi connectivity index (χ0n) is 14.4. The van der Waals surface area contributed by atoms with Crippen LogP contribution >= 0.6 is 0 Å². The molecular formula is C19H24N4O2. The van der Waals surface area contributed by atoms with Crippen LogP contribution in [0.25, 0.3) is 0 Å². The number of fused-ring (bicyclic) bond motifs is 2. The molecule has 6 heteroatoms. The van der Waals surface area contributed by atoms with Crippen molar-refractivity contribution in [3.05, 3.63) is 54.1 Å². The van der Waals surface area contributed by atoms with E-state index < -0.39 is 0 Å².